The Labute approximate surface area is 171 Å². The first-order valence-electron chi connectivity index (χ1n) is 9.12. The number of piperazine rings is 1. The molecule has 1 saturated heterocycles. The molecule has 0 aliphatic carbocycles. The predicted octanol–water partition coefficient (Wildman–Crippen LogP) is 2.30. The van der Waals surface area contributed by atoms with Gasteiger partial charge >= 0.3 is 0 Å². The Bertz CT molecular complexity index is 896. The molecule has 0 saturated carbocycles. The van der Waals surface area contributed by atoms with Crippen LogP contribution >= 0.6 is 11.6 Å². The van der Waals surface area contributed by atoms with E-state index in [0.717, 1.165) is 23.9 Å². The van der Waals surface area contributed by atoms with Crippen LogP contribution in [0, 0.1) is 0 Å². The van der Waals surface area contributed by atoms with Gasteiger partial charge in [0.2, 0.25) is 15.9 Å². The zero-order chi connectivity index (χ0) is 20.1. The zero-order valence-electron chi connectivity index (χ0n) is 15.8. The summed E-state index contributed by atoms with van der Waals surface area (Å²) in [5.74, 6) is -0.181. The molecule has 0 spiro atoms. The van der Waals surface area contributed by atoms with Crippen LogP contribution in [0.25, 0.3) is 0 Å². The lowest BCUT2D eigenvalue weighted by Gasteiger charge is -2.35. The molecule has 0 atom stereocenters. The van der Waals surface area contributed by atoms with Crippen molar-refractivity contribution in [3.63, 3.8) is 0 Å². The molecular formula is C20H24ClN3O3S. The van der Waals surface area contributed by atoms with Gasteiger partial charge in [-0.1, -0.05) is 41.9 Å². The van der Waals surface area contributed by atoms with Crippen molar-refractivity contribution in [2.75, 3.05) is 39.8 Å². The number of rotatable bonds is 6. The first-order chi connectivity index (χ1) is 13.4. The van der Waals surface area contributed by atoms with Gasteiger partial charge in [-0.05, 0) is 29.8 Å². The molecule has 1 aliphatic heterocycles. The number of nitrogens with zero attached hydrogens (tertiary/aromatic N) is 3. The van der Waals surface area contributed by atoms with Crippen molar-refractivity contribution >= 4 is 27.5 Å². The third kappa shape index (κ3) is 5.11. The van der Waals surface area contributed by atoms with Crippen molar-refractivity contribution in [2.45, 2.75) is 11.4 Å². The molecule has 3 rings (SSSR count). The van der Waals surface area contributed by atoms with Gasteiger partial charge in [-0.15, -0.1) is 0 Å². The number of sulfonamides is 1. The average molecular weight is 422 g/mol. The molecule has 0 radical (unpaired) electrons. The molecule has 6 nitrogen and oxygen atoms in total. The fourth-order valence-corrected chi connectivity index (χ4v) is 4.41. The fraction of sp³-hybridized carbons (Fsp3) is 0.350. The predicted molar refractivity (Wildman–Crippen MR) is 110 cm³/mol. The van der Waals surface area contributed by atoms with Crippen LogP contribution in [0.3, 0.4) is 0 Å². The summed E-state index contributed by atoms with van der Waals surface area (Å²) in [7, 11) is -2.30. The van der Waals surface area contributed by atoms with Crippen LogP contribution in [0.2, 0.25) is 5.02 Å². The molecular weight excluding hydrogens is 398 g/mol. The van der Waals surface area contributed by atoms with Crippen molar-refractivity contribution in [3.05, 3.63) is 65.2 Å². The molecule has 1 heterocycles. The Morgan fingerprint density at radius 2 is 1.61 bits per heavy atom. The molecule has 28 heavy (non-hydrogen) atoms. The number of likely N-dealkylation sites (N-methyl/N-ethyl adjacent to an activating group) is 1. The van der Waals surface area contributed by atoms with E-state index in [1.807, 2.05) is 18.2 Å². The standard InChI is InChI=1S/C20H24ClN3O3S/c1-22(28(26,27)19-9-7-18(21)8-10-19)16-20(25)24-13-11-23(12-14-24)15-17-5-3-2-4-6-17/h2-10H,11-16H2,1H3. The van der Waals surface area contributed by atoms with Crippen molar-refractivity contribution in [2.24, 2.45) is 0 Å². The summed E-state index contributed by atoms with van der Waals surface area (Å²) in [5, 5.41) is 0.464. The van der Waals surface area contributed by atoms with Crippen molar-refractivity contribution in [1.82, 2.24) is 14.1 Å². The van der Waals surface area contributed by atoms with Gasteiger partial charge < -0.3 is 4.90 Å². The first-order valence-corrected chi connectivity index (χ1v) is 10.9. The number of hydrogen-bond acceptors (Lipinski definition) is 4. The molecule has 8 heteroatoms. The minimum Gasteiger partial charge on any atom is -0.339 e. The second-order valence-corrected chi connectivity index (χ2v) is 9.34. The van der Waals surface area contributed by atoms with Crippen molar-refractivity contribution in [1.29, 1.82) is 0 Å². The zero-order valence-corrected chi connectivity index (χ0v) is 17.4. The van der Waals surface area contributed by atoms with Crippen molar-refractivity contribution < 1.29 is 13.2 Å². The van der Waals surface area contributed by atoms with E-state index in [1.54, 1.807) is 4.90 Å². The van der Waals surface area contributed by atoms with Gasteiger partial charge in [0.25, 0.3) is 0 Å². The second kappa shape index (κ2) is 9.05. The second-order valence-electron chi connectivity index (χ2n) is 6.86. The van der Waals surface area contributed by atoms with Gasteiger partial charge in [0.05, 0.1) is 11.4 Å². The number of benzene rings is 2. The maximum Gasteiger partial charge on any atom is 0.243 e. The Hall–Kier alpha value is -1.93. The molecule has 0 bridgehead atoms. The van der Waals surface area contributed by atoms with Crippen LogP contribution in [0.1, 0.15) is 5.56 Å². The van der Waals surface area contributed by atoms with Crippen LogP contribution in [-0.2, 0) is 21.4 Å². The highest BCUT2D eigenvalue weighted by Crippen LogP contribution is 2.18. The molecule has 2 aromatic rings. The third-order valence-corrected chi connectivity index (χ3v) is 6.92. The highest BCUT2D eigenvalue weighted by Gasteiger charge is 2.27. The first kappa shape index (κ1) is 20.8. The summed E-state index contributed by atoms with van der Waals surface area (Å²) in [6.45, 7) is 3.42. The summed E-state index contributed by atoms with van der Waals surface area (Å²) in [6, 6.07) is 16.2. The Morgan fingerprint density at radius 3 is 2.21 bits per heavy atom. The summed E-state index contributed by atoms with van der Waals surface area (Å²) in [4.78, 5) is 16.7. The summed E-state index contributed by atoms with van der Waals surface area (Å²) >= 11 is 5.82. The smallest absolute Gasteiger partial charge is 0.243 e. The van der Waals surface area contributed by atoms with E-state index in [4.69, 9.17) is 11.6 Å². The fourth-order valence-electron chi connectivity index (χ4n) is 3.16. The van der Waals surface area contributed by atoms with Crippen LogP contribution in [0.4, 0.5) is 0 Å². The number of carbonyl (C=O) groups excluding carboxylic acids is 1. The van der Waals surface area contributed by atoms with Crippen molar-refractivity contribution in [3.8, 4) is 0 Å². The minimum absolute atomic E-state index is 0.125. The number of halogens is 1. The lowest BCUT2D eigenvalue weighted by atomic mass is 10.2. The number of carbonyl (C=O) groups is 1. The van der Waals surface area contributed by atoms with Gasteiger partial charge in [-0.2, -0.15) is 4.31 Å². The van der Waals surface area contributed by atoms with Gasteiger partial charge in [-0.3, -0.25) is 9.69 Å². The molecule has 0 unspecified atom stereocenters. The molecule has 2 aromatic carbocycles. The summed E-state index contributed by atoms with van der Waals surface area (Å²) in [5.41, 5.74) is 1.25. The van der Waals surface area contributed by atoms with Gasteiger partial charge in [0.15, 0.2) is 0 Å². The molecule has 1 fully saturated rings. The van der Waals surface area contributed by atoms with E-state index < -0.39 is 10.0 Å². The minimum atomic E-state index is -3.72. The maximum absolute atomic E-state index is 12.6. The molecule has 1 aliphatic rings. The highest BCUT2D eigenvalue weighted by molar-refractivity contribution is 7.89. The van der Waals surface area contributed by atoms with Gasteiger partial charge in [0.1, 0.15) is 0 Å². The summed E-state index contributed by atoms with van der Waals surface area (Å²) in [6.07, 6.45) is 0. The molecule has 1 amide bonds. The normalized spacial score (nSPS) is 15.8. The van der Waals surface area contributed by atoms with Crippen LogP contribution in [0.15, 0.2) is 59.5 Å². The molecule has 0 N–H and O–H groups in total. The Morgan fingerprint density at radius 1 is 1.00 bits per heavy atom. The lowest BCUT2D eigenvalue weighted by Crippen LogP contribution is -2.51. The third-order valence-electron chi connectivity index (χ3n) is 4.85. The van der Waals surface area contributed by atoms with E-state index in [0.29, 0.717) is 18.1 Å². The van der Waals surface area contributed by atoms with Gasteiger partial charge in [-0.25, -0.2) is 8.42 Å². The summed E-state index contributed by atoms with van der Waals surface area (Å²) < 4.78 is 26.3. The monoisotopic (exact) mass is 421 g/mol. The number of amides is 1. The van der Waals surface area contributed by atoms with Crippen LogP contribution in [-0.4, -0.2) is 68.2 Å². The highest BCUT2D eigenvalue weighted by atomic mass is 35.5. The lowest BCUT2D eigenvalue weighted by molar-refractivity contribution is -0.133. The average Bonchev–Trinajstić information content (AvgIpc) is 2.69. The number of hydrogen-bond donors (Lipinski definition) is 0. The maximum atomic E-state index is 12.6. The Balaban J connectivity index is 1.53. The topological polar surface area (TPSA) is 60.9 Å². The molecule has 150 valence electrons. The Kier molecular flexibility index (Phi) is 6.72. The van der Waals surface area contributed by atoms with E-state index in [9.17, 15) is 13.2 Å². The largest absolute Gasteiger partial charge is 0.339 e. The van der Waals surface area contributed by atoms with E-state index in [-0.39, 0.29) is 17.3 Å². The van der Waals surface area contributed by atoms with Crippen LogP contribution in [0.5, 0.6) is 0 Å². The van der Waals surface area contributed by atoms with Gasteiger partial charge in [0, 0.05) is 44.8 Å². The van der Waals surface area contributed by atoms with Crippen LogP contribution < -0.4 is 0 Å². The quantitative estimate of drug-likeness (QED) is 0.718. The van der Waals surface area contributed by atoms with E-state index in [1.165, 1.54) is 36.9 Å². The van der Waals surface area contributed by atoms with E-state index >= 15 is 0 Å². The van der Waals surface area contributed by atoms with E-state index in [2.05, 4.69) is 17.0 Å². The molecule has 0 aromatic heterocycles. The SMILES string of the molecule is CN(CC(=O)N1CCN(Cc2ccccc2)CC1)S(=O)(=O)c1ccc(Cl)cc1.